The number of hydrogen-bond acceptors (Lipinski definition) is 5. The van der Waals surface area contributed by atoms with Gasteiger partial charge in [-0.3, -0.25) is 4.79 Å². The second-order valence-electron chi connectivity index (χ2n) is 6.69. The Hall–Kier alpha value is -1.70. The number of benzene rings is 1. The normalized spacial score (nSPS) is 12.1. The molecule has 2 aromatic rings. The molecule has 1 N–H and O–H groups in total. The van der Waals surface area contributed by atoms with E-state index < -0.39 is 16.0 Å². The monoisotopic (exact) mass is 381 g/mol. The standard InChI is InChI=1S/C18H23NO4S2/c1-18(2,3)15-8-6-14(7-9-15)13-23-16(20)10-11-19-25(21,22)17-5-4-12-24-17/h4-9,12,19H,10-11,13H2,1-3H3. The van der Waals surface area contributed by atoms with Gasteiger partial charge in [0, 0.05) is 6.54 Å². The van der Waals surface area contributed by atoms with E-state index in [1.54, 1.807) is 11.4 Å². The number of hydrogen-bond donors (Lipinski definition) is 1. The van der Waals surface area contributed by atoms with Crippen molar-refractivity contribution >= 4 is 27.3 Å². The second-order valence-corrected chi connectivity index (χ2v) is 9.63. The summed E-state index contributed by atoms with van der Waals surface area (Å²) in [6, 6.07) is 11.1. The Labute approximate surface area is 153 Å². The lowest BCUT2D eigenvalue weighted by atomic mass is 9.87. The van der Waals surface area contributed by atoms with Gasteiger partial charge < -0.3 is 4.74 Å². The van der Waals surface area contributed by atoms with Crippen LogP contribution >= 0.6 is 11.3 Å². The molecule has 0 bridgehead atoms. The van der Waals surface area contributed by atoms with E-state index in [1.165, 1.54) is 11.6 Å². The third-order valence-electron chi connectivity index (χ3n) is 3.60. The predicted molar refractivity (Wildman–Crippen MR) is 99.1 cm³/mol. The van der Waals surface area contributed by atoms with Crippen LogP contribution in [0.15, 0.2) is 46.0 Å². The van der Waals surface area contributed by atoms with Gasteiger partial charge in [0.25, 0.3) is 0 Å². The zero-order valence-corrected chi connectivity index (χ0v) is 16.2. The maximum Gasteiger partial charge on any atom is 0.307 e. The van der Waals surface area contributed by atoms with Gasteiger partial charge in [0.1, 0.15) is 10.8 Å². The van der Waals surface area contributed by atoms with E-state index >= 15 is 0 Å². The van der Waals surface area contributed by atoms with Crippen molar-refractivity contribution in [3.63, 3.8) is 0 Å². The molecule has 136 valence electrons. The van der Waals surface area contributed by atoms with Crippen LogP contribution in [0.3, 0.4) is 0 Å². The van der Waals surface area contributed by atoms with E-state index in [0.29, 0.717) is 0 Å². The minimum absolute atomic E-state index is 0.00925. The molecule has 0 radical (unpaired) electrons. The van der Waals surface area contributed by atoms with Crippen molar-refractivity contribution in [2.24, 2.45) is 0 Å². The van der Waals surface area contributed by atoms with Gasteiger partial charge in [0.05, 0.1) is 6.42 Å². The van der Waals surface area contributed by atoms with Gasteiger partial charge in [0.2, 0.25) is 10.0 Å². The number of rotatable bonds is 7. The average molecular weight is 382 g/mol. The first-order chi connectivity index (χ1) is 11.7. The summed E-state index contributed by atoms with van der Waals surface area (Å²) in [6.07, 6.45) is -0.00925. The summed E-state index contributed by atoms with van der Waals surface area (Å²) in [6.45, 7) is 6.61. The quantitative estimate of drug-likeness (QED) is 0.746. The molecule has 0 aliphatic carbocycles. The van der Waals surface area contributed by atoms with Crippen LogP contribution in [-0.2, 0) is 31.6 Å². The largest absolute Gasteiger partial charge is 0.461 e. The van der Waals surface area contributed by atoms with Crippen molar-refractivity contribution in [1.82, 2.24) is 4.72 Å². The van der Waals surface area contributed by atoms with E-state index in [4.69, 9.17) is 4.74 Å². The number of esters is 1. The predicted octanol–water partition coefficient (Wildman–Crippen LogP) is 3.46. The molecule has 0 saturated heterocycles. The van der Waals surface area contributed by atoms with Crippen LogP contribution in [-0.4, -0.2) is 20.9 Å². The molecule has 0 unspecified atom stereocenters. The molecule has 0 amide bonds. The topological polar surface area (TPSA) is 72.5 Å². The van der Waals surface area contributed by atoms with E-state index in [0.717, 1.165) is 16.9 Å². The average Bonchev–Trinajstić information content (AvgIpc) is 3.08. The summed E-state index contributed by atoms with van der Waals surface area (Å²) in [4.78, 5) is 11.8. The molecule has 0 spiro atoms. The summed E-state index contributed by atoms with van der Waals surface area (Å²) in [5, 5.41) is 1.69. The van der Waals surface area contributed by atoms with E-state index in [1.807, 2.05) is 24.3 Å². The lowest BCUT2D eigenvalue weighted by molar-refractivity contribution is -0.144. The third-order valence-corrected chi connectivity index (χ3v) is 6.46. The van der Waals surface area contributed by atoms with E-state index in [-0.39, 0.29) is 29.2 Å². The Morgan fingerprint density at radius 3 is 2.40 bits per heavy atom. The SMILES string of the molecule is CC(C)(C)c1ccc(COC(=O)CCNS(=O)(=O)c2cccs2)cc1. The van der Waals surface area contributed by atoms with E-state index in [9.17, 15) is 13.2 Å². The van der Waals surface area contributed by atoms with Gasteiger partial charge in [-0.25, -0.2) is 13.1 Å². The fourth-order valence-corrected chi connectivity index (χ4v) is 4.18. The van der Waals surface area contributed by atoms with Crippen molar-refractivity contribution in [2.45, 2.75) is 43.4 Å². The molecule has 5 nitrogen and oxygen atoms in total. The van der Waals surface area contributed by atoms with Crippen LogP contribution in [0, 0.1) is 0 Å². The molecule has 1 aromatic heterocycles. The Bertz CT molecular complexity index is 789. The first-order valence-corrected chi connectivity index (χ1v) is 10.3. The molecule has 0 saturated carbocycles. The van der Waals surface area contributed by atoms with Gasteiger partial charge in [-0.15, -0.1) is 11.3 Å². The van der Waals surface area contributed by atoms with Crippen LogP contribution in [0.25, 0.3) is 0 Å². The molecule has 1 heterocycles. The molecule has 0 atom stereocenters. The maximum absolute atomic E-state index is 11.9. The lowest BCUT2D eigenvalue weighted by Crippen LogP contribution is -2.26. The summed E-state index contributed by atoms with van der Waals surface area (Å²) in [7, 11) is -3.54. The Morgan fingerprint density at radius 2 is 1.84 bits per heavy atom. The van der Waals surface area contributed by atoms with Gasteiger partial charge >= 0.3 is 5.97 Å². The third kappa shape index (κ3) is 5.95. The van der Waals surface area contributed by atoms with Crippen molar-refractivity contribution in [3.05, 3.63) is 52.9 Å². The van der Waals surface area contributed by atoms with Gasteiger partial charge in [-0.1, -0.05) is 51.1 Å². The van der Waals surface area contributed by atoms with Crippen molar-refractivity contribution in [2.75, 3.05) is 6.54 Å². The smallest absolute Gasteiger partial charge is 0.307 e. The molecule has 0 fully saturated rings. The van der Waals surface area contributed by atoms with Crippen LogP contribution in [0.2, 0.25) is 0 Å². The highest BCUT2D eigenvalue weighted by Gasteiger charge is 2.16. The molecule has 25 heavy (non-hydrogen) atoms. The highest BCUT2D eigenvalue weighted by Crippen LogP contribution is 2.22. The minimum Gasteiger partial charge on any atom is -0.461 e. The molecule has 7 heteroatoms. The van der Waals surface area contributed by atoms with Gasteiger partial charge in [-0.2, -0.15) is 0 Å². The van der Waals surface area contributed by atoms with Crippen LogP contribution in [0.5, 0.6) is 0 Å². The highest BCUT2D eigenvalue weighted by atomic mass is 32.2. The summed E-state index contributed by atoms with van der Waals surface area (Å²) >= 11 is 1.13. The second kappa shape index (κ2) is 8.12. The molecule has 0 aliphatic rings. The number of thiophene rings is 1. The van der Waals surface area contributed by atoms with Crippen molar-refractivity contribution < 1.29 is 17.9 Å². The minimum atomic E-state index is -3.54. The molecule has 1 aromatic carbocycles. The van der Waals surface area contributed by atoms with Gasteiger partial charge in [-0.05, 0) is 28.0 Å². The first kappa shape index (κ1) is 19.6. The molecular weight excluding hydrogens is 358 g/mol. The fraction of sp³-hybridized carbons (Fsp3) is 0.389. The molecule has 0 aliphatic heterocycles. The lowest BCUT2D eigenvalue weighted by Gasteiger charge is -2.19. The fourth-order valence-electron chi connectivity index (χ4n) is 2.11. The zero-order valence-electron chi connectivity index (χ0n) is 14.6. The maximum atomic E-state index is 11.9. The highest BCUT2D eigenvalue weighted by molar-refractivity contribution is 7.91. The Morgan fingerprint density at radius 1 is 1.16 bits per heavy atom. The van der Waals surface area contributed by atoms with Crippen molar-refractivity contribution in [1.29, 1.82) is 0 Å². The van der Waals surface area contributed by atoms with Crippen molar-refractivity contribution in [3.8, 4) is 0 Å². The van der Waals surface area contributed by atoms with E-state index in [2.05, 4.69) is 25.5 Å². The zero-order chi connectivity index (χ0) is 18.5. The number of nitrogens with one attached hydrogen (secondary N) is 1. The van der Waals surface area contributed by atoms with Crippen LogP contribution in [0.4, 0.5) is 0 Å². The van der Waals surface area contributed by atoms with Crippen LogP contribution < -0.4 is 4.72 Å². The van der Waals surface area contributed by atoms with Crippen LogP contribution in [0.1, 0.15) is 38.3 Å². The first-order valence-electron chi connectivity index (χ1n) is 7.97. The summed E-state index contributed by atoms with van der Waals surface area (Å²) in [5.74, 6) is -0.436. The number of carbonyl (C=O) groups is 1. The Kier molecular flexibility index (Phi) is 6.37. The molecule has 2 rings (SSSR count). The summed E-state index contributed by atoms with van der Waals surface area (Å²) in [5.41, 5.74) is 2.20. The number of sulfonamides is 1. The number of ether oxygens (including phenoxy) is 1. The van der Waals surface area contributed by atoms with Gasteiger partial charge in [0.15, 0.2) is 0 Å². The Balaban J connectivity index is 1.76. The molecular formula is C18H23NO4S2. The summed E-state index contributed by atoms with van der Waals surface area (Å²) < 4.78 is 31.6. The number of carbonyl (C=O) groups excluding carboxylic acids is 1.